The van der Waals surface area contributed by atoms with Gasteiger partial charge in [-0.05, 0) is 12.1 Å². The van der Waals surface area contributed by atoms with Crippen molar-refractivity contribution in [3.63, 3.8) is 0 Å². The van der Waals surface area contributed by atoms with Gasteiger partial charge in [0.05, 0.1) is 12.5 Å². The zero-order chi connectivity index (χ0) is 15.5. The van der Waals surface area contributed by atoms with Crippen LogP contribution in [0.25, 0.3) is 0 Å². The lowest BCUT2D eigenvalue weighted by molar-refractivity contribution is -0.141. The van der Waals surface area contributed by atoms with E-state index in [0.29, 0.717) is 18.6 Å². The number of benzene rings is 1. The average molecular weight is 306 g/mol. The molecule has 4 nitrogen and oxygen atoms in total. The van der Waals surface area contributed by atoms with Crippen molar-refractivity contribution >= 4 is 5.97 Å². The third-order valence-electron chi connectivity index (χ3n) is 4.27. The van der Waals surface area contributed by atoms with Gasteiger partial charge in [0.15, 0.2) is 6.17 Å². The molecule has 1 unspecified atom stereocenters. The number of para-hydroxylation sites is 1. The molecule has 2 fully saturated rings. The maximum Gasteiger partial charge on any atom is 0.306 e. The number of aliphatic hydroxyl groups excluding tert-OH is 1. The van der Waals surface area contributed by atoms with E-state index < -0.39 is 12.3 Å². The van der Waals surface area contributed by atoms with Crippen LogP contribution in [0.1, 0.15) is 12.8 Å². The van der Waals surface area contributed by atoms with E-state index in [9.17, 15) is 14.3 Å². The third-order valence-corrected chi connectivity index (χ3v) is 4.27. The van der Waals surface area contributed by atoms with Gasteiger partial charge >= 0.3 is 5.97 Å². The van der Waals surface area contributed by atoms with Gasteiger partial charge in [-0.15, -0.1) is 0 Å². The zero-order valence-corrected chi connectivity index (χ0v) is 12.1. The fraction of sp³-hybridized carbons (Fsp3) is 0.471. The largest absolute Gasteiger partial charge is 0.490 e. The Hall–Kier alpha value is -1.88. The highest BCUT2D eigenvalue weighted by Gasteiger charge is 2.48. The molecule has 1 saturated heterocycles. The molecule has 0 aromatic heterocycles. The lowest BCUT2D eigenvalue weighted by Crippen LogP contribution is -2.19. The standard InChI is InChI=1S/C17H19FO4/c18-11(10-21-12-4-2-1-3-5-12)6-7-13-14-8-17(20)22-16(14)9-15(13)19/h1-7,11,13-16,19H,8-10H2/b7-6+/t11?,13-,14-,15-,16+/m1/s1. The summed E-state index contributed by atoms with van der Waals surface area (Å²) in [6, 6.07) is 9.05. The number of ether oxygens (including phenoxy) is 2. The fourth-order valence-corrected chi connectivity index (χ4v) is 3.18. The highest BCUT2D eigenvalue weighted by molar-refractivity contribution is 5.72. The van der Waals surface area contributed by atoms with E-state index in [2.05, 4.69) is 0 Å². The number of carbonyl (C=O) groups excluding carboxylic acids is 1. The van der Waals surface area contributed by atoms with E-state index in [4.69, 9.17) is 9.47 Å². The molecule has 5 atom stereocenters. The van der Waals surface area contributed by atoms with E-state index in [1.807, 2.05) is 18.2 Å². The van der Waals surface area contributed by atoms with Gasteiger partial charge in [-0.1, -0.05) is 30.4 Å². The molecule has 2 aliphatic rings. The number of hydrogen-bond acceptors (Lipinski definition) is 4. The molecule has 1 aliphatic heterocycles. The van der Waals surface area contributed by atoms with Crippen molar-refractivity contribution in [3.8, 4) is 5.75 Å². The Morgan fingerprint density at radius 1 is 1.41 bits per heavy atom. The molecule has 0 amide bonds. The Bertz CT molecular complexity index is 545. The Kier molecular flexibility index (Phi) is 4.43. The molecule has 5 heteroatoms. The number of rotatable bonds is 5. The lowest BCUT2D eigenvalue weighted by Gasteiger charge is -2.15. The van der Waals surface area contributed by atoms with Gasteiger partial charge in [-0.2, -0.15) is 0 Å². The maximum atomic E-state index is 13.9. The van der Waals surface area contributed by atoms with Crippen LogP contribution >= 0.6 is 0 Å². The molecule has 1 heterocycles. The first-order valence-electron chi connectivity index (χ1n) is 7.51. The Morgan fingerprint density at radius 2 is 2.18 bits per heavy atom. The van der Waals surface area contributed by atoms with Crippen LogP contribution in [0.4, 0.5) is 4.39 Å². The average Bonchev–Trinajstić information content (AvgIpc) is 2.99. The summed E-state index contributed by atoms with van der Waals surface area (Å²) in [7, 11) is 0. The number of halogens is 1. The molecule has 1 N–H and O–H groups in total. The van der Waals surface area contributed by atoms with Gasteiger partial charge in [0.1, 0.15) is 18.5 Å². The van der Waals surface area contributed by atoms with Crippen molar-refractivity contribution < 1.29 is 23.8 Å². The first-order valence-corrected chi connectivity index (χ1v) is 7.51. The fourth-order valence-electron chi connectivity index (χ4n) is 3.18. The summed E-state index contributed by atoms with van der Waals surface area (Å²) in [6.07, 6.45) is 1.73. The topological polar surface area (TPSA) is 55.8 Å². The van der Waals surface area contributed by atoms with Crippen molar-refractivity contribution in [3.05, 3.63) is 42.5 Å². The van der Waals surface area contributed by atoms with Crippen LogP contribution < -0.4 is 4.74 Å². The van der Waals surface area contributed by atoms with Crippen molar-refractivity contribution in [1.29, 1.82) is 0 Å². The molecular formula is C17H19FO4. The summed E-state index contributed by atoms with van der Waals surface area (Å²) in [4.78, 5) is 11.3. The summed E-state index contributed by atoms with van der Waals surface area (Å²) >= 11 is 0. The van der Waals surface area contributed by atoms with Crippen molar-refractivity contribution in [1.82, 2.24) is 0 Å². The van der Waals surface area contributed by atoms with Crippen LogP contribution in [0.15, 0.2) is 42.5 Å². The minimum absolute atomic E-state index is 0.0407. The van der Waals surface area contributed by atoms with Crippen molar-refractivity contribution in [2.45, 2.75) is 31.2 Å². The molecule has 1 saturated carbocycles. The lowest BCUT2D eigenvalue weighted by atomic mass is 9.91. The van der Waals surface area contributed by atoms with Crippen LogP contribution in [0.2, 0.25) is 0 Å². The first-order chi connectivity index (χ1) is 10.6. The van der Waals surface area contributed by atoms with Crippen LogP contribution in [0.5, 0.6) is 5.75 Å². The molecule has 0 bridgehead atoms. The van der Waals surface area contributed by atoms with Crippen LogP contribution in [-0.4, -0.2) is 36.1 Å². The Balaban J connectivity index is 1.53. The van der Waals surface area contributed by atoms with E-state index in [1.165, 1.54) is 6.08 Å². The number of carbonyl (C=O) groups is 1. The normalized spacial score (nSPS) is 32.0. The minimum Gasteiger partial charge on any atom is -0.490 e. The molecule has 1 aromatic rings. The van der Waals surface area contributed by atoms with Gasteiger partial charge in [-0.3, -0.25) is 4.79 Å². The van der Waals surface area contributed by atoms with Crippen LogP contribution in [0, 0.1) is 11.8 Å². The minimum atomic E-state index is -1.26. The predicted octanol–water partition coefficient (Wildman–Crippen LogP) is 2.27. The summed E-state index contributed by atoms with van der Waals surface area (Å²) in [5, 5.41) is 10.0. The highest BCUT2D eigenvalue weighted by Crippen LogP contribution is 2.42. The molecule has 0 spiro atoms. The Labute approximate surface area is 128 Å². The number of hydrogen-bond donors (Lipinski definition) is 1. The van der Waals surface area contributed by atoms with Crippen LogP contribution in [0.3, 0.4) is 0 Å². The number of fused-ring (bicyclic) bond motifs is 1. The molecular weight excluding hydrogens is 287 g/mol. The van der Waals surface area contributed by atoms with Crippen molar-refractivity contribution in [2.75, 3.05) is 6.61 Å². The predicted molar refractivity (Wildman–Crippen MR) is 78.1 cm³/mol. The molecule has 22 heavy (non-hydrogen) atoms. The smallest absolute Gasteiger partial charge is 0.306 e. The highest BCUT2D eigenvalue weighted by atomic mass is 19.1. The molecule has 118 valence electrons. The monoisotopic (exact) mass is 306 g/mol. The van der Waals surface area contributed by atoms with E-state index in [1.54, 1.807) is 18.2 Å². The second kappa shape index (κ2) is 6.48. The summed E-state index contributed by atoms with van der Waals surface area (Å²) in [5.41, 5.74) is 0. The third kappa shape index (κ3) is 3.30. The van der Waals surface area contributed by atoms with Gasteiger partial charge in [-0.25, -0.2) is 4.39 Å². The van der Waals surface area contributed by atoms with Crippen molar-refractivity contribution in [2.24, 2.45) is 11.8 Å². The van der Waals surface area contributed by atoms with E-state index in [0.717, 1.165) is 0 Å². The second-order valence-corrected chi connectivity index (χ2v) is 5.80. The quantitative estimate of drug-likeness (QED) is 0.670. The molecule has 1 aliphatic carbocycles. The first kappa shape index (κ1) is 15.0. The summed E-state index contributed by atoms with van der Waals surface area (Å²) in [6.45, 7) is -0.0765. The van der Waals surface area contributed by atoms with Gasteiger partial charge in [0.25, 0.3) is 0 Å². The SMILES string of the molecule is O=C1C[C@@H]2[C@@H](/C=C/C(F)COc3ccccc3)[C@H](O)C[C@@H]2O1. The number of alkyl halides is 1. The maximum absolute atomic E-state index is 13.9. The van der Waals surface area contributed by atoms with Gasteiger partial charge in [0, 0.05) is 18.3 Å². The van der Waals surface area contributed by atoms with Crippen LogP contribution in [-0.2, 0) is 9.53 Å². The summed E-state index contributed by atoms with van der Waals surface area (Å²) in [5.74, 6) is 0.117. The Morgan fingerprint density at radius 3 is 2.95 bits per heavy atom. The summed E-state index contributed by atoms with van der Waals surface area (Å²) < 4.78 is 24.4. The molecule has 3 rings (SSSR count). The zero-order valence-electron chi connectivity index (χ0n) is 12.1. The van der Waals surface area contributed by atoms with E-state index >= 15 is 0 Å². The van der Waals surface area contributed by atoms with Gasteiger partial charge < -0.3 is 14.6 Å². The number of esters is 1. The van der Waals surface area contributed by atoms with E-state index in [-0.39, 0.29) is 30.5 Å². The molecule has 0 radical (unpaired) electrons. The van der Waals surface area contributed by atoms with Gasteiger partial charge in [0.2, 0.25) is 0 Å². The molecule has 1 aromatic carbocycles. The second-order valence-electron chi connectivity index (χ2n) is 5.80. The number of aliphatic hydroxyl groups is 1.